The second kappa shape index (κ2) is 4.33. The van der Waals surface area contributed by atoms with E-state index < -0.39 is 23.6 Å². The van der Waals surface area contributed by atoms with Gasteiger partial charge >= 0.3 is 0 Å². The van der Waals surface area contributed by atoms with Crippen molar-refractivity contribution >= 4 is 5.69 Å². The minimum Gasteiger partial charge on any atom is -0.391 e. The topological polar surface area (TPSA) is 32.3 Å². The summed E-state index contributed by atoms with van der Waals surface area (Å²) in [5.41, 5.74) is -0.368. The van der Waals surface area contributed by atoms with Crippen molar-refractivity contribution < 1.29 is 18.3 Å². The van der Waals surface area contributed by atoms with Crippen LogP contribution in [-0.2, 0) is 0 Å². The van der Waals surface area contributed by atoms with Crippen LogP contribution >= 0.6 is 0 Å². The second-order valence-corrected chi connectivity index (χ2v) is 3.99. The van der Waals surface area contributed by atoms with E-state index in [1.807, 2.05) is 0 Å². The summed E-state index contributed by atoms with van der Waals surface area (Å²) < 4.78 is 39.2. The summed E-state index contributed by atoms with van der Waals surface area (Å²) >= 11 is 0. The average Bonchev–Trinajstić information content (AvgIpc) is 2.57. The molecule has 1 fully saturated rings. The Balaban J connectivity index is 2.21. The van der Waals surface area contributed by atoms with Crippen molar-refractivity contribution in [3.05, 3.63) is 29.6 Å². The lowest BCUT2D eigenvalue weighted by atomic mass is 10.2. The molecule has 5 heteroatoms. The summed E-state index contributed by atoms with van der Waals surface area (Å²) in [6.07, 6.45) is 1.46. The van der Waals surface area contributed by atoms with Crippen LogP contribution in [0.25, 0.3) is 0 Å². The molecule has 0 saturated heterocycles. The van der Waals surface area contributed by atoms with Gasteiger partial charge in [-0.15, -0.1) is 0 Å². The molecule has 2 N–H and O–H groups in total. The summed E-state index contributed by atoms with van der Waals surface area (Å²) in [4.78, 5) is 0. The molecule has 2 atom stereocenters. The Bertz CT molecular complexity index is 374. The zero-order valence-corrected chi connectivity index (χ0v) is 8.51. The van der Waals surface area contributed by atoms with E-state index in [0.717, 1.165) is 6.42 Å². The van der Waals surface area contributed by atoms with Gasteiger partial charge in [0.25, 0.3) is 0 Å². The van der Waals surface area contributed by atoms with Gasteiger partial charge in [0.1, 0.15) is 11.5 Å². The highest BCUT2D eigenvalue weighted by Crippen LogP contribution is 2.26. The maximum Gasteiger partial charge on any atom is 0.152 e. The lowest BCUT2D eigenvalue weighted by Crippen LogP contribution is -2.28. The van der Waals surface area contributed by atoms with Crippen LogP contribution in [0.5, 0.6) is 0 Å². The van der Waals surface area contributed by atoms with Gasteiger partial charge in [0, 0.05) is 12.1 Å². The number of anilines is 1. The molecule has 0 unspecified atom stereocenters. The van der Waals surface area contributed by atoms with Crippen LogP contribution in [0.2, 0.25) is 0 Å². The minimum absolute atomic E-state index is 0.366. The Kier molecular flexibility index (Phi) is 3.05. The zero-order valence-electron chi connectivity index (χ0n) is 8.51. The molecule has 0 radical (unpaired) electrons. The Morgan fingerprint density at radius 3 is 2.25 bits per heavy atom. The molecule has 0 spiro atoms. The quantitative estimate of drug-likeness (QED) is 0.819. The highest BCUT2D eigenvalue weighted by molar-refractivity contribution is 5.47. The number of aliphatic hydroxyl groups excluding tert-OH is 1. The Labute approximate surface area is 91.1 Å². The molecule has 2 rings (SSSR count). The molecule has 0 heterocycles. The van der Waals surface area contributed by atoms with Crippen molar-refractivity contribution in [1.29, 1.82) is 0 Å². The third-order valence-corrected chi connectivity index (χ3v) is 2.82. The van der Waals surface area contributed by atoms with E-state index >= 15 is 0 Å². The third-order valence-electron chi connectivity index (χ3n) is 2.82. The van der Waals surface area contributed by atoms with Gasteiger partial charge in [-0.25, -0.2) is 13.2 Å². The van der Waals surface area contributed by atoms with Gasteiger partial charge in [0.05, 0.1) is 12.1 Å². The van der Waals surface area contributed by atoms with E-state index in [2.05, 4.69) is 5.32 Å². The van der Waals surface area contributed by atoms with Crippen molar-refractivity contribution in [2.75, 3.05) is 5.32 Å². The number of aliphatic hydroxyl groups is 1. The standard InChI is InChI=1S/C11H12F3NO/c12-6-4-7(13)11(8(14)5-6)15-9-2-1-3-10(9)16/h4-5,9-10,15-16H,1-3H2/t9-,10-/m0/s1. The van der Waals surface area contributed by atoms with Gasteiger partial charge in [-0.2, -0.15) is 0 Å². The molecule has 0 bridgehead atoms. The van der Waals surface area contributed by atoms with Gasteiger partial charge in [0.2, 0.25) is 0 Å². The molecular weight excluding hydrogens is 219 g/mol. The molecule has 1 aromatic rings. The molecule has 0 aromatic heterocycles. The number of benzene rings is 1. The second-order valence-electron chi connectivity index (χ2n) is 3.99. The minimum atomic E-state index is -0.975. The van der Waals surface area contributed by atoms with Crippen LogP contribution < -0.4 is 5.32 Å². The number of rotatable bonds is 2. The van der Waals surface area contributed by atoms with E-state index in [1.165, 1.54) is 0 Å². The van der Waals surface area contributed by atoms with Crippen molar-refractivity contribution in [1.82, 2.24) is 0 Å². The molecule has 1 aliphatic carbocycles. The van der Waals surface area contributed by atoms with Gasteiger partial charge < -0.3 is 10.4 Å². The van der Waals surface area contributed by atoms with Crippen LogP contribution in [0.3, 0.4) is 0 Å². The summed E-state index contributed by atoms with van der Waals surface area (Å²) in [7, 11) is 0. The van der Waals surface area contributed by atoms with Gasteiger partial charge in [-0.3, -0.25) is 0 Å². The van der Waals surface area contributed by atoms with Gasteiger partial charge in [0.15, 0.2) is 11.6 Å². The van der Waals surface area contributed by atoms with Crippen LogP contribution in [0.1, 0.15) is 19.3 Å². The largest absolute Gasteiger partial charge is 0.391 e. The summed E-state index contributed by atoms with van der Waals surface area (Å²) in [6.45, 7) is 0. The molecule has 1 aromatic carbocycles. The normalized spacial score (nSPS) is 24.8. The molecule has 88 valence electrons. The van der Waals surface area contributed by atoms with E-state index in [-0.39, 0.29) is 11.7 Å². The first-order valence-electron chi connectivity index (χ1n) is 5.17. The first kappa shape index (κ1) is 11.3. The Hall–Kier alpha value is -1.23. The Morgan fingerprint density at radius 2 is 1.75 bits per heavy atom. The highest BCUT2D eigenvalue weighted by Gasteiger charge is 2.26. The monoisotopic (exact) mass is 231 g/mol. The zero-order chi connectivity index (χ0) is 11.7. The van der Waals surface area contributed by atoms with Crippen LogP contribution in [0.4, 0.5) is 18.9 Å². The van der Waals surface area contributed by atoms with E-state index in [9.17, 15) is 18.3 Å². The van der Waals surface area contributed by atoms with Gasteiger partial charge in [-0.05, 0) is 19.3 Å². The maximum atomic E-state index is 13.3. The fraction of sp³-hybridized carbons (Fsp3) is 0.455. The lowest BCUT2D eigenvalue weighted by molar-refractivity contribution is 0.171. The number of hydrogen-bond acceptors (Lipinski definition) is 2. The van der Waals surface area contributed by atoms with Crippen LogP contribution in [0, 0.1) is 17.5 Å². The molecule has 1 saturated carbocycles. The molecule has 1 aliphatic rings. The SMILES string of the molecule is O[C@H]1CCC[C@@H]1Nc1c(F)cc(F)cc1F. The van der Waals surface area contributed by atoms with E-state index in [4.69, 9.17) is 0 Å². The highest BCUT2D eigenvalue weighted by atomic mass is 19.1. The smallest absolute Gasteiger partial charge is 0.152 e. The fourth-order valence-electron chi connectivity index (χ4n) is 1.97. The molecule has 16 heavy (non-hydrogen) atoms. The average molecular weight is 231 g/mol. The summed E-state index contributed by atoms with van der Waals surface area (Å²) in [5, 5.41) is 12.1. The van der Waals surface area contributed by atoms with Crippen molar-refractivity contribution in [3.8, 4) is 0 Å². The van der Waals surface area contributed by atoms with Gasteiger partial charge in [-0.1, -0.05) is 0 Å². The molecule has 0 aliphatic heterocycles. The summed E-state index contributed by atoms with van der Waals surface area (Å²) in [5.74, 6) is -2.90. The predicted molar refractivity (Wildman–Crippen MR) is 53.6 cm³/mol. The van der Waals surface area contributed by atoms with E-state index in [1.54, 1.807) is 0 Å². The number of hydrogen-bond donors (Lipinski definition) is 2. The van der Waals surface area contributed by atoms with Crippen molar-refractivity contribution in [2.45, 2.75) is 31.4 Å². The van der Waals surface area contributed by atoms with Crippen LogP contribution in [0.15, 0.2) is 12.1 Å². The summed E-state index contributed by atoms with van der Waals surface area (Å²) in [6, 6.07) is 0.869. The number of nitrogens with one attached hydrogen (secondary N) is 1. The molecule has 2 nitrogen and oxygen atoms in total. The van der Waals surface area contributed by atoms with Crippen LogP contribution in [-0.4, -0.2) is 17.3 Å². The maximum absolute atomic E-state index is 13.3. The Morgan fingerprint density at radius 1 is 1.12 bits per heavy atom. The first-order chi connectivity index (χ1) is 7.58. The predicted octanol–water partition coefficient (Wildman–Crippen LogP) is 2.43. The molecular formula is C11H12F3NO. The third kappa shape index (κ3) is 2.14. The van der Waals surface area contributed by atoms with Crippen molar-refractivity contribution in [3.63, 3.8) is 0 Å². The fourth-order valence-corrected chi connectivity index (χ4v) is 1.97. The number of halogens is 3. The molecule has 0 amide bonds. The first-order valence-corrected chi connectivity index (χ1v) is 5.17. The lowest BCUT2D eigenvalue weighted by Gasteiger charge is -2.18. The van der Waals surface area contributed by atoms with Crippen molar-refractivity contribution in [2.24, 2.45) is 0 Å². The van der Waals surface area contributed by atoms with E-state index in [0.29, 0.717) is 25.0 Å².